The average molecular weight is 277 g/mol. The average Bonchev–Trinajstić information content (AvgIpc) is 1.99. The molecule has 1 saturated heterocycles. The molecule has 0 aromatic rings. The Morgan fingerprint density at radius 3 is 2.47 bits per heavy atom. The summed E-state index contributed by atoms with van der Waals surface area (Å²) < 4.78 is 2.77. The molecule has 0 bridgehead atoms. The summed E-state index contributed by atoms with van der Waals surface area (Å²) in [5, 5.41) is 8.67. The Morgan fingerprint density at radius 1 is 1.53 bits per heavy atom. The molecule has 0 aliphatic carbocycles. The number of carboxylic acid groups (broad SMARTS) is 1. The number of ether oxygens (including phenoxy) is 1. The van der Waals surface area contributed by atoms with Crippen LogP contribution in [0.3, 0.4) is 0 Å². The van der Waals surface area contributed by atoms with E-state index in [1.807, 2.05) is 0 Å². The Labute approximate surface area is 101 Å². The lowest BCUT2D eigenvalue weighted by molar-refractivity contribution is -0.147. The molecule has 0 unspecified atom stereocenters. The van der Waals surface area contributed by atoms with Crippen molar-refractivity contribution in [3.05, 3.63) is 0 Å². The topological polar surface area (TPSA) is 66.8 Å². The summed E-state index contributed by atoms with van der Waals surface area (Å²) in [4.78, 5) is 22.9. The molecule has 1 rings (SSSR count). The Kier molecular flexibility index (Phi) is 3.92. The van der Waals surface area contributed by atoms with Crippen molar-refractivity contribution in [1.29, 1.82) is 0 Å². The van der Waals surface area contributed by atoms with Gasteiger partial charge in [-0.05, 0) is 6.42 Å². The highest BCUT2D eigenvalue weighted by Gasteiger charge is 2.41. The second-order valence-corrected chi connectivity index (χ2v) is 4.66. The van der Waals surface area contributed by atoms with Crippen LogP contribution in [-0.4, -0.2) is 45.1 Å². The lowest BCUT2D eigenvalue weighted by atomic mass is 10.1. The van der Waals surface area contributed by atoms with E-state index in [2.05, 4.69) is 4.74 Å². The summed E-state index contributed by atoms with van der Waals surface area (Å²) in [5.74, 6) is -1.38. The van der Waals surface area contributed by atoms with E-state index in [9.17, 15) is 9.59 Å². The van der Waals surface area contributed by atoms with Gasteiger partial charge in [-0.25, -0.2) is 9.59 Å². The summed E-state index contributed by atoms with van der Waals surface area (Å²) in [6.07, 6.45) is -0.484. The zero-order chi connectivity index (χ0) is 11.6. The highest BCUT2D eigenvalue weighted by atomic mass is 35.5. The number of aliphatic carboxylic acids is 1. The van der Waals surface area contributed by atoms with Crippen molar-refractivity contribution >= 4 is 46.9 Å². The van der Waals surface area contributed by atoms with E-state index in [1.54, 1.807) is 0 Å². The fourth-order valence-electron chi connectivity index (χ4n) is 1.08. The number of rotatable bonds is 3. The second-order valence-electron chi connectivity index (χ2n) is 2.98. The van der Waals surface area contributed by atoms with E-state index in [0.717, 1.165) is 4.90 Å². The summed E-state index contributed by atoms with van der Waals surface area (Å²) in [7, 11) is 0. The van der Waals surface area contributed by atoms with Crippen LogP contribution in [-0.2, 0) is 9.53 Å². The Balaban J connectivity index is 2.52. The molecular weight excluding hydrogens is 268 g/mol. The highest BCUT2D eigenvalue weighted by Crippen LogP contribution is 2.27. The molecule has 1 atom stereocenters. The van der Waals surface area contributed by atoms with Crippen molar-refractivity contribution in [1.82, 2.24) is 4.90 Å². The molecule has 0 radical (unpaired) electrons. The molecular formula is C7H8Cl3NO4. The lowest BCUT2D eigenvalue weighted by Crippen LogP contribution is -2.56. The molecule has 1 aliphatic rings. The second kappa shape index (κ2) is 4.63. The van der Waals surface area contributed by atoms with Gasteiger partial charge in [0.05, 0.1) is 5.88 Å². The van der Waals surface area contributed by atoms with Crippen molar-refractivity contribution < 1.29 is 19.4 Å². The smallest absolute Gasteiger partial charge is 0.413 e. The molecule has 0 spiro atoms. The molecule has 8 heteroatoms. The van der Waals surface area contributed by atoms with E-state index in [4.69, 9.17) is 39.9 Å². The fourth-order valence-corrected chi connectivity index (χ4v) is 1.26. The van der Waals surface area contributed by atoms with E-state index >= 15 is 0 Å². The van der Waals surface area contributed by atoms with Crippen LogP contribution in [0.2, 0.25) is 0 Å². The predicted octanol–water partition coefficient (Wildman–Crippen LogP) is 1.65. The lowest BCUT2D eigenvalue weighted by Gasteiger charge is -2.37. The van der Waals surface area contributed by atoms with Crippen molar-refractivity contribution in [2.24, 2.45) is 0 Å². The van der Waals surface area contributed by atoms with Crippen LogP contribution in [0.15, 0.2) is 0 Å². The van der Waals surface area contributed by atoms with Gasteiger partial charge in [0.25, 0.3) is 4.52 Å². The minimum absolute atomic E-state index is 0.298. The van der Waals surface area contributed by atoms with Gasteiger partial charge in [-0.2, -0.15) is 0 Å². The van der Waals surface area contributed by atoms with Gasteiger partial charge in [0.1, 0.15) is 6.04 Å². The normalized spacial score (nSPS) is 20.7. The molecule has 1 N–H and O–H groups in total. The molecule has 0 saturated carbocycles. The van der Waals surface area contributed by atoms with Gasteiger partial charge in [0.2, 0.25) is 0 Å². The molecule has 0 aromatic heterocycles. The first-order valence-electron chi connectivity index (χ1n) is 4.03. The molecule has 5 nitrogen and oxygen atoms in total. The maximum atomic E-state index is 11.3. The van der Waals surface area contributed by atoms with Crippen LogP contribution >= 0.6 is 34.8 Å². The van der Waals surface area contributed by atoms with Crippen LogP contribution < -0.4 is 0 Å². The number of carboxylic acids is 1. The van der Waals surface area contributed by atoms with Crippen LogP contribution in [0.25, 0.3) is 0 Å². The summed E-state index contributed by atoms with van der Waals surface area (Å²) in [6.45, 7) is 0.307. The van der Waals surface area contributed by atoms with Crippen LogP contribution in [0.5, 0.6) is 0 Å². The molecule has 1 heterocycles. The van der Waals surface area contributed by atoms with E-state index < -0.39 is 22.6 Å². The minimum Gasteiger partial charge on any atom is -0.480 e. The number of amides is 1. The standard InChI is InChI=1S/C7H8Cl3NO4/c8-3-7(9,10)15-6(14)11-2-1-4(11)5(12)13/h4H,1-3H2,(H,12,13)/t4-/m0/s1. The van der Waals surface area contributed by atoms with E-state index in [-0.39, 0.29) is 5.88 Å². The molecule has 1 aliphatic heterocycles. The molecule has 1 fully saturated rings. The van der Waals surface area contributed by atoms with Crippen molar-refractivity contribution in [2.75, 3.05) is 12.4 Å². The van der Waals surface area contributed by atoms with Gasteiger partial charge in [0, 0.05) is 6.54 Å². The predicted molar refractivity (Wildman–Crippen MR) is 54.4 cm³/mol. The van der Waals surface area contributed by atoms with Gasteiger partial charge in [-0.15, -0.1) is 11.6 Å². The monoisotopic (exact) mass is 275 g/mol. The van der Waals surface area contributed by atoms with Crippen LogP contribution in [0, 0.1) is 0 Å². The number of alkyl halides is 3. The summed E-state index contributed by atoms with van der Waals surface area (Å²) in [5.41, 5.74) is 0. The van der Waals surface area contributed by atoms with Crippen LogP contribution in [0.1, 0.15) is 6.42 Å². The number of hydrogen-bond acceptors (Lipinski definition) is 3. The van der Waals surface area contributed by atoms with Gasteiger partial charge in [0.15, 0.2) is 0 Å². The van der Waals surface area contributed by atoms with Crippen molar-refractivity contribution in [2.45, 2.75) is 17.0 Å². The Bertz CT molecular complexity index is 283. The number of carbonyl (C=O) groups excluding carboxylic acids is 1. The highest BCUT2D eigenvalue weighted by molar-refractivity contribution is 6.50. The van der Waals surface area contributed by atoms with Gasteiger partial charge < -0.3 is 9.84 Å². The summed E-state index contributed by atoms with van der Waals surface area (Å²) in [6, 6.07) is -0.864. The number of likely N-dealkylation sites (tertiary alicyclic amines) is 1. The first-order chi connectivity index (χ1) is 6.87. The minimum atomic E-state index is -1.82. The number of nitrogens with zero attached hydrogens (tertiary/aromatic N) is 1. The third kappa shape index (κ3) is 3.03. The first kappa shape index (κ1) is 12.7. The molecule has 15 heavy (non-hydrogen) atoms. The fraction of sp³-hybridized carbons (Fsp3) is 0.714. The molecule has 0 aromatic carbocycles. The largest absolute Gasteiger partial charge is 0.480 e. The number of halogens is 3. The van der Waals surface area contributed by atoms with Gasteiger partial charge in [-0.3, -0.25) is 4.90 Å². The third-order valence-electron chi connectivity index (χ3n) is 1.93. The SMILES string of the molecule is O=C(O)[C@@H]1CCN1C(=O)OC(Cl)(Cl)CCl. The third-order valence-corrected chi connectivity index (χ3v) is 3.00. The van der Waals surface area contributed by atoms with Crippen molar-refractivity contribution in [3.63, 3.8) is 0 Å². The van der Waals surface area contributed by atoms with Crippen LogP contribution in [0.4, 0.5) is 4.79 Å². The zero-order valence-electron chi connectivity index (χ0n) is 7.45. The quantitative estimate of drug-likeness (QED) is 0.796. The maximum absolute atomic E-state index is 11.3. The van der Waals surface area contributed by atoms with Gasteiger partial charge >= 0.3 is 12.1 Å². The van der Waals surface area contributed by atoms with Gasteiger partial charge in [-0.1, -0.05) is 23.2 Å². The van der Waals surface area contributed by atoms with Crippen molar-refractivity contribution in [3.8, 4) is 0 Å². The number of hydrogen-bond donors (Lipinski definition) is 1. The first-order valence-corrected chi connectivity index (χ1v) is 5.32. The van der Waals surface area contributed by atoms with E-state index in [0.29, 0.717) is 13.0 Å². The zero-order valence-corrected chi connectivity index (χ0v) is 9.72. The number of carbonyl (C=O) groups is 2. The Morgan fingerprint density at radius 2 is 2.13 bits per heavy atom. The Hall–Kier alpha value is -0.390. The van der Waals surface area contributed by atoms with E-state index in [1.165, 1.54) is 0 Å². The molecule has 86 valence electrons. The molecule has 1 amide bonds. The maximum Gasteiger partial charge on any atom is 0.413 e. The summed E-state index contributed by atoms with van der Waals surface area (Å²) >= 11 is 16.3.